The Morgan fingerprint density at radius 2 is 1.70 bits per heavy atom. The Morgan fingerprint density at radius 3 is 2.27 bits per heavy atom. The van der Waals surface area contributed by atoms with Crippen LogP contribution in [0.25, 0.3) is 0 Å². The van der Waals surface area contributed by atoms with E-state index in [-0.39, 0.29) is 11.7 Å². The molecule has 0 bridgehead atoms. The SMILES string of the molecule is COc1ccc(C(C)(C(=O)N(C)C)n2cnc(NC(=O)[C@@H](CCCc3ccccc3)NC(=O)C(C)(C)N)c2)cc1. The smallest absolute Gasteiger partial charge is 0.252 e. The molecule has 1 aromatic heterocycles. The quantitative estimate of drug-likeness (QED) is 0.319. The number of carbonyl (C=O) groups excluding carboxylic acids is 3. The fourth-order valence-electron chi connectivity index (χ4n) is 4.35. The Labute approximate surface area is 235 Å². The summed E-state index contributed by atoms with van der Waals surface area (Å²) in [6, 6.07) is 16.3. The molecule has 10 nitrogen and oxygen atoms in total. The van der Waals surface area contributed by atoms with E-state index in [1.54, 1.807) is 64.9 Å². The van der Waals surface area contributed by atoms with Crippen molar-refractivity contribution in [2.45, 2.75) is 57.2 Å². The Balaban J connectivity index is 1.82. The van der Waals surface area contributed by atoms with Gasteiger partial charge in [-0.3, -0.25) is 14.4 Å². The number of imidazole rings is 1. The number of carbonyl (C=O) groups is 3. The number of likely N-dealkylation sites (N-methyl/N-ethyl adjacent to an activating group) is 1. The van der Waals surface area contributed by atoms with Crippen molar-refractivity contribution in [3.63, 3.8) is 0 Å². The zero-order valence-electron chi connectivity index (χ0n) is 24.1. The highest BCUT2D eigenvalue weighted by molar-refractivity contribution is 5.98. The second kappa shape index (κ2) is 12.8. The maximum atomic E-state index is 13.4. The van der Waals surface area contributed by atoms with Crippen LogP contribution in [0.1, 0.15) is 44.7 Å². The number of rotatable bonds is 12. The van der Waals surface area contributed by atoms with Crippen LogP contribution in [0.3, 0.4) is 0 Å². The van der Waals surface area contributed by atoms with Gasteiger partial charge in [0.15, 0.2) is 5.82 Å². The van der Waals surface area contributed by atoms with E-state index in [1.165, 1.54) is 11.2 Å². The summed E-state index contributed by atoms with van der Waals surface area (Å²) in [5.41, 5.74) is 5.56. The fourth-order valence-corrected chi connectivity index (χ4v) is 4.35. The van der Waals surface area contributed by atoms with Crippen LogP contribution in [0.2, 0.25) is 0 Å². The summed E-state index contributed by atoms with van der Waals surface area (Å²) >= 11 is 0. The Bertz CT molecular complexity index is 1300. The molecule has 3 rings (SSSR count). The highest BCUT2D eigenvalue weighted by Crippen LogP contribution is 2.30. The first-order valence-corrected chi connectivity index (χ1v) is 13.2. The average molecular weight is 549 g/mol. The number of aromatic nitrogens is 2. The van der Waals surface area contributed by atoms with Crippen LogP contribution in [-0.2, 0) is 26.3 Å². The molecule has 0 saturated carbocycles. The van der Waals surface area contributed by atoms with Gasteiger partial charge in [0.1, 0.15) is 17.3 Å². The summed E-state index contributed by atoms with van der Waals surface area (Å²) in [6.07, 6.45) is 4.96. The fraction of sp³-hybridized carbons (Fsp3) is 0.400. The summed E-state index contributed by atoms with van der Waals surface area (Å²) in [7, 11) is 4.95. The first kappa shape index (κ1) is 30.4. The van der Waals surface area contributed by atoms with Crippen molar-refractivity contribution in [3.05, 3.63) is 78.2 Å². The molecule has 0 spiro atoms. The summed E-state index contributed by atoms with van der Waals surface area (Å²) in [5, 5.41) is 5.59. The Hall–Kier alpha value is -4.18. The molecule has 0 fully saturated rings. The zero-order chi connectivity index (χ0) is 29.5. The van der Waals surface area contributed by atoms with Gasteiger partial charge in [-0.1, -0.05) is 42.5 Å². The first-order chi connectivity index (χ1) is 18.9. The van der Waals surface area contributed by atoms with Crippen molar-refractivity contribution in [3.8, 4) is 5.75 Å². The summed E-state index contributed by atoms with van der Waals surface area (Å²) < 4.78 is 6.93. The average Bonchev–Trinajstić information content (AvgIpc) is 3.40. The molecule has 3 amide bonds. The molecule has 214 valence electrons. The number of nitrogens with one attached hydrogen (secondary N) is 2. The topological polar surface area (TPSA) is 132 Å². The van der Waals surface area contributed by atoms with Gasteiger partial charge < -0.3 is 30.6 Å². The number of benzene rings is 2. The third-order valence-corrected chi connectivity index (χ3v) is 6.83. The number of ether oxygens (including phenoxy) is 1. The predicted molar refractivity (Wildman–Crippen MR) is 155 cm³/mol. The van der Waals surface area contributed by atoms with Gasteiger partial charge in [-0.25, -0.2) is 4.98 Å². The van der Waals surface area contributed by atoms with Gasteiger partial charge in [-0.05, 0) is 63.3 Å². The first-order valence-electron chi connectivity index (χ1n) is 13.2. The summed E-state index contributed by atoms with van der Waals surface area (Å²) in [6.45, 7) is 4.97. The van der Waals surface area contributed by atoms with Crippen molar-refractivity contribution < 1.29 is 19.1 Å². The molecule has 0 aliphatic heterocycles. The van der Waals surface area contributed by atoms with E-state index in [1.807, 2.05) is 42.5 Å². The van der Waals surface area contributed by atoms with Crippen molar-refractivity contribution in [2.24, 2.45) is 5.73 Å². The molecule has 10 heteroatoms. The van der Waals surface area contributed by atoms with Crippen molar-refractivity contribution in [1.82, 2.24) is 19.8 Å². The van der Waals surface area contributed by atoms with E-state index >= 15 is 0 Å². The van der Waals surface area contributed by atoms with Gasteiger partial charge in [-0.15, -0.1) is 0 Å². The van der Waals surface area contributed by atoms with E-state index in [9.17, 15) is 14.4 Å². The van der Waals surface area contributed by atoms with Crippen molar-refractivity contribution >= 4 is 23.5 Å². The standard InChI is InChI=1S/C30H40N6O4/c1-29(2,31)27(38)33-24(14-10-13-21-11-8-7-9-12-21)26(37)34-25-19-36(20-32-25)30(3,28(39)35(4)5)22-15-17-23(40-6)18-16-22/h7-9,11-12,15-20,24H,10,13-14,31H2,1-6H3,(H,33,38)(H,34,37)/t24-,30?/m1/s1. The highest BCUT2D eigenvalue weighted by Gasteiger charge is 2.39. The maximum absolute atomic E-state index is 13.4. The minimum Gasteiger partial charge on any atom is -0.497 e. The van der Waals surface area contributed by atoms with E-state index in [4.69, 9.17) is 10.5 Å². The number of hydrogen-bond acceptors (Lipinski definition) is 6. The van der Waals surface area contributed by atoms with Crippen LogP contribution >= 0.6 is 0 Å². The monoisotopic (exact) mass is 548 g/mol. The van der Waals surface area contributed by atoms with Crippen molar-refractivity contribution in [2.75, 3.05) is 26.5 Å². The predicted octanol–water partition coefficient (Wildman–Crippen LogP) is 2.93. The van der Waals surface area contributed by atoms with Crippen molar-refractivity contribution in [1.29, 1.82) is 0 Å². The molecule has 2 atom stereocenters. The lowest BCUT2D eigenvalue weighted by molar-refractivity contribution is -0.135. The minimum absolute atomic E-state index is 0.177. The second-order valence-electron chi connectivity index (χ2n) is 10.8. The number of methoxy groups -OCH3 is 1. The van der Waals surface area contributed by atoms with Crippen LogP contribution in [0.15, 0.2) is 67.1 Å². The van der Waals surface area contributed by atoms with Crippen LogP contribution in [0, 0.1) is 0 Å². The molecule has 0 aliphatic rings. The molecule has 0 aliphatic carbocycles. The number of anilines is 1. The third kappa shape index (κ3) is 7.26. The van der Waals surface area contributed by atoms with Crippen LogP contribution < -0.4 is 21.1 Å². The molecule has 0 saturated heterocycles. The molecule has 1 unspecified atom stereocenters. The molecule has 0 radical (unpaired) electrons. The number of aryl methyl sites for hydroxylation is 1. The Morgan fingerprint density at radius 1 is 1.05 bits per heavy atom. The largest absolute Gasteiger partial charge is 0.497 e. The van der Waals surface area contributed by atoms with Crippen LogP contribution in [0.4, 0.5) is 5.82 Å². The lowest BCUT2D eigenvalue weighted by Gasteiger charge is -2.33. The van der Waals surface area contributed by atoms with E-state index in [0.29, 0.717) is 18.6 Å². The molecule has 40 heavy (non-hydrogen) atoms. The number of nitrogens with zero attached hydrogens (tertiary/aromatic N) is 3. The lowest BCUT2D eigenvalue weighted by atomic mass is 9.90. The maximum Gasteiger partial charge on any atom is 0.252 e. The molecular formula is C30H40N6O4. The van der Waals surface area contributed by atoms with Gasteiger partial charge in [0.25, 0.3) is 5.91 Å². The molecule has 1 heterocycles. The molecular weight excluding hydrogens is 508 g/mol. The van der Waals surface area contributed by atoms with Gasteiger partial charge in [0.05, 0.1) is 19.0 Å². The zero-order valence-corrected chi connectivity index (χ0v) is 24.1. The number of amides is 3. The lowest BCUT2D eigenvalue weighted by Crippen LogP contribution is -2.54. The number of nitrogens with two attached hydrogens (primary N) is 1. The van der Waals surface area contributed by atoms with Gasteiger partial charge in [-0.2, -0.15) is 0 Å². The van der Waals surface area contributed by atoms with E-state index in [0.717, 1.165) is 17.5 Å². The van der Waals surface area contributed by atoms with Gasteiger partial charge in [0, 0.05) is 20.3 Å². The Kier molecular flexibility index (Phi) is 9.70. The molecule has 3 aromatic rings. The van der Waals surface area contributed by atoms with Crippen LogP contribution in [-0.4, -0.2) is 65.0 Å². The number of hydrogen-bond donors (Lipinski definition) is 3. The van der Waals surface area contributed by atoms with E-state index in [2.05, 4.69) is 15.6 Å². The van der Waals surface area contributed by atoms with Gasteiger partial charge in [0.2, 0.25) is 11.8 Å². The van der Waals surface area contributed by atoms with Crippen LogP contribution in [0.5, 0.6) is 5.75 Å². The molecule has 4 N–H and O–H groups in total. The van der Waals surface area contributed by atoms with Gasteiger partial charge >= 0.3 is 0 Å². The third-order valence-electron chi connectivity index (χ3n) is 6.83. The summed E-state index contributed by atoms with van der Waals surface area (Å²) in [4.78, 5) is 45.3. The highest BCUT2D eigenvalue weighted by atomic mass is 16.5. The summed E-state index contributed by atoms with van der Waals surface area (Å²) in [5.74, 6) is -0.0969. The normalized spacial score (nSPS) is 13.6. The minimum atomic E-state index is -1.15. The molecule has 2 aromatic carbocycles. The second-order valence-corrected chi connectivity index (χ2v) is 10.8. The van der Waals surface area contributed by atoms with E-state index < -0.39 is 28.9 Å².